The lowest BCUT2D eigenvalue weighted by Crippen LogP contribution is -2.37. The fourth-order valence-corrected chi connectivity index (χ4v) is 3.41. The predicted octanol–water partition coefficient (Wildman–Crippen LogP) is 2.64. The van der Waals surface area contributed by atoms with E-state index in [1.54, 1.807) is 6.07 Å². The van der Waals surface area contributed by atoms with Gasteiger partial charge in [0.2, 0.25) is 0 Å². The van der Waals surface area contributed by atoms with E-state index in [0.717, 1.165) is 30.4 Å². The molecule has 3 rings (SSSR count). The monoisotopic (exact) mass is 289 g/mol. The van der Waals surface area contributed by atoms with E-state index in [1.165, 1.54) is 32.1 Å². The molecule has 4 nitrogen and oxygen atoms in total. The van der Waals surface area contributed by atoms with Crippen LogP contribution < -0.4 is 9.64 Å². The number of aliphatic hydroxyl groups excluding tert-OH is 1. The van der Waals surface area contributed by atoms with Gasteiger partial charge in [0, 0.05) is 12.1 Å². The number of hydrogen-bond donors (Lipinski definition) is 1. The van der Waals surface area contributed by atoms with Crippen LogP contribution in [0.2, 0.25) is 0 Å². The first-order chi connectivity index (χ1) is 10.3. The zero-order valence-corrected chi connectivity index (χ0v) is 12.4. The van der Waals surface area contributed by atoms with E-state index in [0.29, 0.717) is 12.2 Å². The fraction of sp³-hybridized carbons (Fsp3) is 0.588. The minimum atomic E-state index is -0.442. The number of rotatable bonds is 4. The highest BCUT2D eigenvalue weighted by atomic mass is 16.5. The van der Waals surface area contributed by atoms with Crippen molar-refractivity contribution >= 4 is 11.5 Å². The summed E-state index contributed by atoms with van der Waals surface area (Å²) >= 11 is 0. The van der Waals surface area contributed by atoms with Crippen LogP contribution in [0, 0.1) is 5.92 Å². The fourth-order valence-electron chi connectivity index (χ4n) is 3.41. The maximum atomic E-state index is 11.7. The molecule has 1 fully saturated rings. The highest BCUT2D eigenvalue weighted by Gasteiger charge is 2.23. The molecule has 1 aromatic rings. The molecule has 21 heavy (non-hydrogen) atoms. The maximum absolute atomic E-state index is 11.7. The number of carbonyl (C=O) groups excluding carboxylic acids is 1. The quantitative estimate of drug-likeness (QED) is 0.866. The Morgan fingerprint density at radius 1 is 1.29 bits per heavy atom. The van der Waals surface area contributed by atoms with Crippen LogP contribution in [-0.2, 0) is 0 Å². The minimum Gasteiger partial charge on any atom is -0.490 e. The van der Waals surface area contributed by atoms with E-state index in [2.05, 4.69) is 4.90 Å². The van der Waals surface area contributed by atoms with Gasteiger partial charge in [-0.05, 0) is 37.0 Å². The molecule has 0 spiro atoms. The number of Topliss-reactive ketones (excluding diaryl/α,β-unsaturated/α-hetero) is 1. The van der Waals surface area contributed by atoms with Gasteiger partial charge in [0.1, 0.15) is 19.0 Å². The van der Waals surface area contributed by atoms with Crippen LogP contribution in [0.25, 0.3) is 0 Å². The smallest absolute Gasteiger partial charge is 0.188 e. The minimum absolute atomic E-state index is 0.235. The topological polar surface area (TPSA) is 49.8 Å². The lowest BCUT2D eigenvalue weighted by atomic mass is 9.88. The molecule has 0 saturated heterocycles. The zero-order valence-electron chi connectivity index (χ0n) is 12.4. The second-order valence-corrected chi connectivity index (χ2v) is 6.06. The average Bonchev–Trinajstić information content (AvgIpc) is 2.55. The van der Waals surface area contributed by atoms with E-state index in [1.807, 2.05) is 12.1 Å². The first-order valence-electron chi connectivity index (χ1n) is 7.94. The lowest BCUT2D eigenvalue weighted by molar-refractivity contribution is 0.0903. The summed E-state index contributed by atoms with van der Waals surface area (Å²) in [7, 11) is 0. The Kier molecular flexibility index (Phi) is 4.44. The van der Waals surface area contributed by atoms with Crippen molar-refractivity contribution in [1.82, 2.24) is 0 Å². The largest absolute Gasteiger partial charge is 0.490 e. The highest BCUT2D eigenvalue weighted by molar-refractivity contribution is 5.98. The first kappa shape index (κ1) is 14.4. The molecule has 1 N–H and O–H groups in total. The van der Waals surface area contributed by atoms with Crippen molar-refractivity contribution in [3.8, 4) is 5.75 Å². The number of benzene rings is 1. The Morgan fingerprint density at radius 2 is 2.10 bits per heavy atom. The van der Waals surface area contributed by atoms with Crippen LogP contribution >= 0.6 is 0 Å². The Morgan fingerprint density at radius 3 is 2.86 bits per heavy atom. The van der Waals surface area contributed by atoms with Crippen LogP contribution in [0.15, 0.2) is 18.2 Å². The van der Waals surface area contributed by atoms with Gasteiger partial charge in [-0.2, -0.15) is 0 Å². The molecule has 0 amide bonds. The molecule has 0 atom stereocenters. The summed E-state index contributed by atoms with van der Waals surface area (Å²) < 4.78 is 5.70. The average molecular weight is 289 g/mol. The van der Waals surface area contributed by atoms with Gasteiger partial charge < -0.3 is 14.7 Å². The third-order valence-electron chi connectivity index (χ3n) is 4.59. The van der Waals surface area contributed by atoms with Gasteiger partial charge in [0.25, 0.3) is 0 Å². The Balaban J connectivity index is 1.80. The lowest BCUT2D eigenvalue weighted by Gasteiger charge is -2.35. The molecule has 0 unspecified atom stereocenters. The third kappa shape index (κ3) is 3.21. The van der Waals surface area contributed by atoms with Crippen LogP contribution in [0.5, 0.6) is 5.75 Å². The standard InChI is InChI=1S/C17H23NO3/c19-12-16(20)14-6-7-17-15(10-14)18(8-9-21-17)11-13-4-2-1-3-5-13/h6-7,10,13,19H,1-5,8-9,11-12H2. The van der Waals surface area contributed by atoms with Gasteiger partial charge in [-0.15, -0.1) is 0 Å². The van der Waals surface area contributed by atoms with Crippen molar-refractivity contribution in [2.75, 3.05) is 31.2 Å². The third-order valence-corrected chi connectivity index (χ3v) is 4.59. The molecule has 2 aliphatic rings. The molecule has 0 radical (unpaired) electrons. The summed E-state index contributed by atoms with van der Waals surface area (Å²) in [5.41, 5.74) is 1.57. The van der Waals surface area contributed by atoms with Gasteiger partial charge in [-0.25, -0.2) is 0 Å². The summed E-state index contributed by atoms with van der Waals surface area (Å²) in [5, 5.41) is 9.02. The normalized spacial score (nSPS) is 19.0. The number of hydrogen-bond acceptors (Lipinski definition) is 4. The molecular weight excluding hydrogens is 266 g/mol. The van der Waals surface area contributed by atoms with Crippen molar-refractivity contribution in [1.29, 1.82) is 0 Å². The van der Waals surface area contributed by atoms with Crippen molar-refractivity contribution < 1.29 is 14.6 Å². The number of aliphatic hydroxyl groups is 1. The molecule has 1 heterocycles. The Hall–Kier alpha value is -1.55. The van der Waals surface area contributed by atoms with Gasteiger partial charge in [-0.3, -0.25) is 4.79 Å². The summed E-state index contributed by atoms with van der Waals surface area (Å²) in [5.74, 6) is 1.37. The van der Waals surface area contributed by atoms with Crippen LogP contribution in [0.4, 0.5) is 5.69 Å². The summed E-state index contributed by atoms with van der Waals surface area (Å²) in [6, 6.07) is 5.46. The van der Waals surface area contributed by atoms with Crippen LogP contribution in [0.1, 0.15) is 42.5 Å². The second-order valence-electron chi connectivity index (χ2n) is 6.06. The molecule has 1 aliphatic heterocycles. The summed E-state index contributed by atoms with van der Waals surface area (Å²) in [6.07, 6.45) is 6.66. The highest BCUT2D eigenvalue weighted by Crippen LogP contribution is 2.35. The van der Waals surface area contributed by atoms with Gasteiger partial charge in [0.05, 0.1) is 12.2 Å². The summed E-state index contributed by atoms with van der Waals surface area (Å²) in [4.78, 5) is 14.0. The molecule has 1 aliphatic carbocycles. The van der Waals surface area contributed by atoms with Crippen LogP contribution in [0.3, 0.4) is 0 Å². The van der Waals surface area contributed by atoms with Crippen molar-refractivity contribution in [2.45, 2.75) is 32.1 Å². The first-order valence-corrected chi connectivity index (χ1v) is 7.94. The van der Waals surface area contributed by atoms with E-state index in [4.69, 9.17) is 9.84 Å². The van der Waals surface area contributed by atoms with Crippen LogP contribution in [-0.4, -0.2) is 37.2 Å². The SMILES string of the molecule is O=C(CO)c1ccc2c(c1)N(CC1CCCCC1)CCO2. The predicted molar refractivity (Wildman–Crippen MR) is 82.1 cm³/mol. The van der Waals surface area contributed by atoms with Crippen molar-refractivity contribution in [3.05, 3.63) is 23.8 Å². The number of carbonyl (C=O) groups is 1. The molecular formula is C17H23NO3. The molecule has 114 valence electrons. The molecule has 1 saturated carbocycles. The number of ketones is 1. The van der Waals surface area contributed by atoms with Crippen molar-refractivity contribution in [2.24, 2.45) is 5.92 Å². The Bertz CT molecular complexity index is 509. The van der Waals surface area contributed by atoms with Gasteiger partial charge >= 0.3 is 0 Å². The number of nitrogens with zero attached hydrogens (tertiary/aromatic N) is 1. The Labute approximate surface area is 125 Å². The maximum Gasteiger partial charge on any atom is 0.188 e. The summed E-state index contributed by atoms with van der Waals surface area (Å²) in [6.45, 7) is 2.18. The van der Waals surface area contributed by atoms with Crippen molar-refractivity contribution in [3.63, 3.8) is 0 Å². The van der Waals surface area contributed by atoms with Gasteiger partial charge in [-0.1, -0.05) is 19.3 Å². The van der Waals surface area contributed by atoms with E-state index < -0.39 is 6.61 Å². The number of fused-ring (bicyclic) bond motifs is 1. The molecule has 0 aromatic heterocycles. The second kappa shape index (κ2) is 6.48. The number of anilines is 1. The van der Waals surface area contributed by atoms with Gasteiger partial charge in [0.15, 0.2) is 5.78 Å². The van der Waals surface area contributed by atoms with E-state index in [9.17, 15) is 4.79 Å². The van der Waals surface area contributed by atoms with E-state index in [-0.39, 0.29) is 5.78 Å². The molecule has 1 aromatic carbocycles. The zero-order chi connectivity index (χ0) is 14.7. The number of ether oxygens (including phenoxy) is 1. The van der Waals surface area contributed by atoms with E-state index >= 15 is 0 Å². The molecule has 0 bridgehead atoms. The molecule has 4 heteroatoms.